The third kappa shape index (κ3) is 2.27. The lowest BCUT2D eigenvalue weighted by Gasteiger charge is -2.04. The van der Waals surface area contributed by atoms with Crippen LogP contribution in [0.1, 0.15) is 5.56 Å². The monoisotopic (exact) mass is 222 g/mol. The molecule has 0 aliphatic carbocycles. The van der Waals surface area contributed by atoms with Crippen molar-refractivity contribution in [3.63, 3.8) is 0 Å². The Kier molecular flexibility index (Phi) is 3.84. The Morgan fingerprint density at radius 1 is 0.938 bits per heavy atom. The smallest absolute Gasteiger partial charge is 0.194 e. The maximum absolute atomic E-state index is 8.83. The molecule has 7 nitrogen and oxygen atoms in total. The molecule has 0 fully saturated rings. The Morgan fingerprint density at radius 3 is 2.00 bits per heavy atom. The van der Waals surface area contributed by atoms with Crippen molar-refractivity contribution in [1.29, 1.82) is 0 Å². The zero-order valence-electron chi connectivity index (χ0n) is 8.15. The molecule has 0 radical (unpaired) electrons. The second kappa shape index (κ2) is 5.35. The number of rotatable bonds is 3. The van der Waals surface area contributed by atoms with Crippen molar-refractivity contribution in [2.24, 2.45) is 21.2 Å². The predicted octanol–water partition coefficient (Wildman–Crippen LogP) is 0.441. The van der Waals surface area contributed by atoms with Gasteiger partial charge in [-0.3, -0.25) is 0 Å². The summed E-state index contributed by atoms with van der Waals surface area (Å²) in [6.45, 7) is 0. The van der Waals surface area contributed by atoms with Crippen LogP contribution in [-0.2, 0) is 0 Å². The highest BCUT2D eigenvalue weighted by atomic mass is 16.4. The summed E-state index contributed by atoms with van der Waals surface area (Å²) in [4.78, 5) is 0. The van der Waals surface area contributed by atoms with Gasteiger partial charge in [-0.05, 0) is 0 Å². The van der Waals surface area contributed by atoms with Gasteiger partial charge in [0.2, 0.25) is 0 Å². The number of nitrogens with two attached hydrogens (primary N) is 1. The minimum atomic E-state index is -0.459. The molecule has 1 aromatic carbocycles. The summed E-state index contributed by atoms with van der Waals surface area (Å²) in [6.07, 6.45) is 0. The lowest BCUT2D eigenvalue weighted by atomic mass is 10.1. The summed E-state index contributed by atoms with van der Waals surface area (Å²) in [6, 6.07) is 8.39. The molecule has 0 amide bonds. The zero-order chi connectivity index (χ0) is 12.0. The molecular formula is C9H10N4O3. The summed E-state index contributed by atoms with van der Waals surface area (Å²) in [7, 11) is 0. The Hall–Kier alpha value is -2.57. The van der Waals surface area contributed by atoms with E-state index in [2.05, 4.69) is 15.5 Å². The van der Waals surface area contributed by atoms with E-state index in [9.17, 15) is 0 Å². The van der Waals surface area contributed by atoms with Crippen molar-refractivity contribution in [3.05, 3.63) is 35.9 Å². The molecular weight excluding hydrogens is 212 g/mol. The third-order valence-corrected chi connectivity index (χ3v) is 1.82. The highest BCUT2D eigenvalue weighted by molar-refractivity contribution is 6.70. The Bertz CT molecular complexity index is 439. The molecule has 0 aliphatic rings. The van der Waals surface area contributed by atoms with Crippen LogP contribution >= 0.6 is 0 Å². The molecule has 16 heavy (non-hydrogen) atoms. The quantitative estimate of drug-likeness (QED) is 0.256. The molecule has 0 bridgehead atoms. The van der Waals surface area contributed by atoms with Crippen molar-refractivity contribution in [2.75, 3.05) is 0 Å². The van der Waals surface area contributed by atoms with Crippen LogP contribution in [0.5, 0.6) is 0 Å². The summed E-state index contributed by atoms with van der Waals surface area (Å²) >= 11 is 0. The summed E-state index contributed by atoms with van der Waals surface area (Å²) in [5.41, 5.74) is 5.30. The van der Waals surface area contributed by atoms with Gasteiger partial charge in [-0.15, -0.1) is 0 Å². The van der Waals surface area contributed by atoms with Crippen molar-refractivity contribution in [3.8, 4) is 0 Å². The maximum Gasteiger partial charge on any atom is 0.194 e. The van der Waals surface area contributed by atoms with Crippen LogP contribution in [0.25, 0.3) is 0 Å². The lowest BCUT2D eigenvalue weighted by molar-refractivity contribution is 0.311. The molecule has 0 atom stereocenters. The number of oxime groups is 3. The molecule has 0 aromatic heterocycles. The number of hydrogen-bond donors (Lipinski definition) is 4. The highest BCUT2D eigenvalue weighted by Gasteiger charge is 2.17. The van der Waals surface area contributed by atoms with E-state index in [4.69, 9.17) is 21.4 Å². The minimum absolute atomic E-state index is 0.0987. The average molecular weight is 222 g/mol. The van der Waals surface area contributed by atoms with Crippen LogP contribution < -0.4 is 5.73 Å². The van der Waals surface area contributed by atoms with Gasteiger partial charge in [0.05, 0.1) is 0 Å². The van der Waals surface area contributed by atoms with Gasteiger partial charge < -0.3 is 21.4 Å². The Balaban J connectivity index is 3.20. The average Bonchev–Trinajstić information content (AvgIpc) is 2.36. The van der Waals surface area contributed by atoms with E-state index in [-0.39, 0.29) is 11.4 Å². The summed E-state index contributed by atoms with van der Waals surface area (Å²) in [5, 5.41) is 34.4. The number of benzene rings is 1. The number of nitrogens with zero attached hydrogens (tertiary/aromatic N) is 3. The maximum atomic E-state index is 8.83. The van der Waals surface area contributed by atoms with Gasteiger partial charge in [-0.2, -0.15) is 0 Å². The van der Waals surface area contributed by atoms with Crippen LogP contribution in [0.2, 0.25) is 0 Å². The van der Waals surface area contributed by atoms with Gasteiger partial charge in [-0.25, -0.2) is 0 Å². The van der Waals surface area contributed by atoms with E-state index in [0.29, 0.717) is 5.56 Å². The van der Waals surface area contributed by atoms with Crippen molar-refractivity contribution in [2.45, 2.75) is 0 Å². The van der Waals surface area contributed by atoms with Gasteiger partial charge >= 0.3 is 0 Å². The van der Waals surface area contributed by atoms with Gasteiger partial charge in [-0.1, -0.05) is 45.8 Å². The van der Waals surface area contributed by atoms with Gasteiger partial charge in [0.25, 0.3) is 0 Å². The lowest BCUT2D eigenvalue weighted by Crippen LogP contribution is -2.31. The first-order chi connectivity index (χ1) is 7.74. The fourth-order valence-electron chi connectivity index (χ4n) is 1.11. The van der Waals surface area contributed by atoms with Gasteiger partial charge in [0.15, 0.2) is 11.5 Å². The van der Waals surface area contributed by atoms with Crippen molar-refractivity contribution < 1.29 is 15.6 Å². The normalized spacial score (nSPS) is 13.9. The molecule has 5 N–H and O–H groups in total. The molecule has 0 spiro atoms. The first kappa shape index (κ1) is 11.5. The molecule has 1 rings (SSSR count). The minimum Gasteiger partial charge on any atom is -0.410 e. The number of amidine groups is 1. The number of hydrogen-bond acceptors (Lipinski definition) is 6. The van der Waals surface area contributed by atoms with E-state index < -0.39 is 5.84 Å². The zero-order valence-corrected chi connectivity index (χ0v) is 8.15. The van der Waals surface area contributed by atoms with Crippen LogP contribution in [0.3, 0.4) is 0 Å². The van der Waals surface area contributed by atoms with Crippen molar-refractivity contribution >= 4 is 17.3 Å². The SMILES string of the molecule is NC(=N\O)/C(=N\O)C(=NO)c1ccccc1. The topological polar surface area (TPSA) is 124 Å². The second-order valence-electron chi connectivity index (χ2n) is 2.75. The van der Waals surface area contributed by atoms with Gasteiger partial charge in [0.1, 0.15) is 5.71 Å². The van der Waals surface area contributed by atoms with E-state index in [0.717, 1.165) is 0 Å². The first-order valence-electron chi connectivity index (χ1n) is 4.22. The molecule has 7 heteroatoms. The molecule has 1 aromatic rings. The molecule has 0 aliphatic heterocycles. The van der Waals surface area contributed by atoms with E-state index in [1.54, 1.807) is 30.3 Å². The van der Waals surface area contributed by atoms with Crippen LogP contribution in [0.15, 0.2) is 45.8 Å². The summed E-state index contributed by atoms with van der Waals surface area (Å²) < 4.78 is 0. The standard InChI is InChI=1S/C9H10N4O3/c10-9(13-16)8(12-15)7(11-14)6-4-2-1-3-5-6/h1-5,14-16H,(H2,10,13)/b11-7?,12-8-. The largest absolute Gasteiger partial charge is 0.410 e. The second-order valence-corrected chi connectivity index (χ2v) is 2.75. The van der Waals surface area contributed by atoms with Crippen LogP contribution in [-0.4, -0.2) is 32.9 Å². The van der Waals surface area contributed by atoms with E-state index in [1.165, 1.54) is 0 Å². The first-order valence-corrected chi connectivity index (χ1v) is 4.22. The Morgan fingerprint density at radius 2 is 1.56 bits per heavy atom. The molecule has 0 saturated heterocycles. The fraction of sp³-hybridized carbons (Fsp3) is 0. The third-order valence-electron chi connectivity index (χ3n) is 1.82. The summed E-state index contributed by atoms with van der Waals surface area (Å²) in [5.74, 6) is -0.459. The Labute approximate surface area is 90.8 Å². The van der Waals surface area contributed by atoms with Gasteiger partial charge in [0, 0.05) is 5.56 Å². The van der Waals surface area contributed by atoms with E-state index in [1.807, 2.05) is 0 Å². The molecule has 0 saturated carbocycles. The van der Waals surface area contributed by atoms with Crippen LogP contribution in [0, 0.1) is 0 Å². The fourth-order valence-corrected chi connectivity index (χ4v) is 1.11. The van der Waals surface area contributed by atoms with Crippen LogP contribution in [0.4, 0.5) is 0 Å². The molecule has 0 heterocycles. The highest BCUT2D eigenvalue weighted by Crippen LogP contribution is 2.03. The van der Waals surface area contributed by atoms with Crippen molar-refractivity contribution in [1.82, 2.24) is 0 Å². The predicted molar refractivity (Wildman–Crippen MR) is 57.4 cm³/mol. The molecule has 84 valence electrons. The molecule has 0 unspecified atom stereocenters. The van der Waals surface area contributed by atoms with E-state index >= 15 is 0 Å².